The molecule has 2 aliphatic heterocycles. The number of aromatic nitrogens is 5. The second-order valence-electron chi connectivity index (χ2n) is 12.2. The molecular formula is C33H37N7O5S. The van der Waals surface area contributed by atoms with E-state index in [0.29, 0.717) is 47.6 Å². The first-order valence-corrected chi connectivity index (χ1v) is 17.3. The van der Waals surface area contributed by atoms with Crippen LogP contribution in [0, 0.1) is 12.8 Å². The highest BCUT2D eigenvalue weighted by molar-refractivity contribution is 7.90. The monoisotopic (exact) mass is 643 g/mol. The van der Waals surface area contributed by atoms with Crippen molar-refractivity contribution in [1.29, 1.82) is 0 Å². The molecule has 13 heteroatoms. The molecule has 2 aliphatic rings. The van der Waals surface area contributed by atoms with Crippen molar-refractivity contribution < 1.29 is 22.7 Å². The average Bonchev–Trinajstić information content (AvgIpc) is 3.81. The van der Waals surface area contributed by atoms with Gasteiger partial charge in [-0.1, -0.05) is 18.2 Å². The third-order valence-corrected chi connectivity index (χ3v) is 10.2. The van der Waals surface area contributed by atoms with E-state index in [1.165, 1.54) is 6.26 Å². The number of nitrogens with one attached hydrogen (secondary N) is 1. The quantitative estimate of drug-likeness (QED) is 0.269. The van der Waals surface area contributed by atoms with E-state index in [1.54, 1.807) is 36.1 Å². The Balaban J connectivity index is 1.21. The number of nitrogens with zero attached hydrogens (tertiary/aromatic N) is 6. The first-order valence-electron chi connectivity index (χ1n) is 15.4. The van der Waals surface area contributed by atoms with Crippen molar-refractivity contribution in [2.45, 2.75) is 30.8 Å². The van der Waals surface area contributed by atoms with Crippen molar-refractivity contribution in [3.05, 3.63) is 66.4 Å². The van der Waals surface area contributed by atoms with Crippen LogP contribution >= 0.6 is 0 Å². The van der Waals surface area contributed by atoms with E-state index in [9.17, 15) is 13.2 Å². The van der Waals surface area contributed by atoms with Crippen LogP contribution in [0.4, 0.5) is 0 Å². The predicted octanol–water partition coefficient (Wildman–Crippen LogP) is 3.62. The first-order chi connectivity index (χ1) is 22.2. The molecular weight excluding hydrogens is 606 g/mol. The number of piperazine rings is 1. The summed E-state index contributed by atoms with van der Waals surface area (Å²) in [4.78, 5) is 36.2. The molecule has 3 aromatic heterocycles. The molecule has 240 valence electrons. The second-order valence-corrected chi connectivity index (χ2v) is 14.2. The maximum Gasteiger partial charge on any atom is 0.243 e. The number of benzene rings is 2. The highest BCUT2D eigenvalue weighted by atomic mass is 32.2. The number of carbonyl (C=O) groups excluding carboxylic acids is 1. The van der Waals surface area contributed by atoms with Crippen molar-refractivity contribution >= 4 is 37.7 Å². The van der Waals surface area contributed by atoms with Gasteiger partial charge in [0.2, 0.25) is 11.8 Å². The third-order valence-electron chi connectivity index (χ3n) is 9.04. The summed E-state index contributed by atoms with van der Waals surface area (Å²) in [5, 5.41) is 0.982. The van der Waals surface area contributed by atoms with Crippen LogP contribution in [0.25, 0.3) is 33.2 Å². The fraction of sp³-hybridized carbons (Fsp3) is 0.394. The smallest absolute Gasteiger partial charge is 0.243 e. The lowest BCUT2D eigenvalue weighted by molar-refractivity contribution is -0.137. The molecule has 0 spiro atoms. The number of sulfone groups is 1. The molecule has 12 nitrogen and oxygen atoms in total. The molecule has 46 heavy (non-hydrogen) atoms. The van der Waals surface area contributed by atoms with Crippen molar-refractivity contribution in [3.8, 4) is 17.1 Å². The SMILES string of the molecule is COc1nc2ccccc2cc1-c1cnc([C@@H]2CN(CC3CCOC3)CCN2C(=O)Cn2c(C)nc3ccc(S(C)(=O)=O)cc32)[nH]1. The maximum atomic E-state index is 14.2. The number of amides is 1. The summed E-state index contributed by atoms with van der Waals surface area (Å²) in [6, 6.07) is 14.4. The summed E-state index contributed by atoms with van der Waals surface area (Å²) in [5.74, 6) is 2.18. The second kappa shape index (κ2) is 12.1. The van der Waals surface area contributed by atoms with E-state index >= 15 is 0 Å². The number of pyridine rings is 1. The number of hydrogen-bond donors (Lipinski definition) is 1. The molecule has 0 radical (unpaired) electrons. The molecule has 0 bridgehead atoms. The normalized spacial score (nSPS) is 19.3. The van der Waals surface area contributed by atoms with Gasteiger partial charge >= 0.3 is 0 Å². The first kappa shape index (κ1) is 30.3. The number of ether oxygens (including phenoxy) is 2. The highest BCUT2D eigenvalue weighted by Gasteiger charge is 2.35. The van der Waals surface area contributed by atoms with E-state index in [4.69, 9.17) is 19.4 Å². The standard InChI is InChI=1S/C33H37N7O5S/c1-21-35-27-9-8-24(46(3,42)43)15-29(27)40(21)19-31(41)39-12-11-38(17-22-10-13-45-20-22)18-30(39)32-34-16-28(36-32)25-14-23-6-4-5-7-26(23)37-33(25)44-2/h4-9,14-16,22,30H,10-13,17-20H2,1-3H3,(H,34,36)/t22?,30-/m0/s1. The van der Waals surface area contributed by atoms with Gasteiger partial charge in [0.25, 0.3) is 0 Å². The van der Waals surface area contributed by atoms with Gasteiger partial charge in [-0.05, 0) is 49.6 Å². The Morgan fingerprint density at radius 1 is 1.11 bits per heavy atom. The van der Waals surface area contributed by atoms with Crippen LogP contribution in [-0.2, 0) is 25.9 Å². The Labute approximate surface area is 267 Å². The molecule has 5 aromatic rings. The third kappa shape index (κ3) is 5.85. The highest BCUT2D eigenvalue weighted by Crippen LogP contribution is 2.33. The van der Waals surface area contributed by atoms with Crippen LogP contribution in [0.5, 0.6) is 5.88 Å². The number of methoxy groups -OCH3 is 1. The summed E-state index contributed by atoms with van der Waals surface area (Å²) in [6.07, 6.45) is 3.98. The van der Waals surface area contributed by atoms with Gasteiger partial charge in [0.15, 0.2) is 9.84 Å². The number of aromatic amines is 1. The predicted molar refractivity (Wildman–Crippen MR) is 173 cm³/mol. The number of aryl methyl sites for hydroxylation is 1. The molecule has 0 aliphatic carbocycles. The number of fused-ring (bicyclic) bond motifs is 2. The largest absolute Gasteiger partial charge is 0.480 e. The summed E-state index contributed by atoms with van der Waals surface area (Å²) in [7, 11) is -1.82. The van der Waals surface area contributed by atoms with Gasteiger partial charge in [0.05, 0.1) is 52.6 Å². The molecule has 7 rings (SSSR count). The van der Waals surface area contributed by atoms with Crippen LogP contribution in [0.3, 0.4) is 0 Å². The van der Waals surface area contributed by atoms with Gasteiger partial charge in [-0.25, -0.2) is 23.4 Å². The molecule has 1 N–H and O–H groups in total. The van der Waals surface area contributed by atoms with Crippen molar-refractivity contribution in [3.63, 3.8) is 0 Å². The van der Waals surface area contributed by atoms with E-state index in [1.807, 2.05) is 42.2 Å². The lowest BCUT2D eigenvalue weighted by Gasteiger charge is -2.41. The average molecular weight is 644 g/mol. The lowest BCUT2D eigenvalue weighted by Crippen LogP contribution is -2.52. The number of carbonyl (C=O) groups is 1. The number of rotatable bonds is 8. The van der Waals surface area contributed by atoms with Crippen LogP contribution in [0.2, 0.25) is 0 Å². The molecule has 1 unspecified atom stereocenters. The van der Waals surface area contributed by atoms with Crippen LogP contribution in [-0.4, -0.2) is 101 Å². The summed E-state index contributed by atoms with van der Waals surface area (Å²) < 4.78 is 37.7. The van der Waals surface area contributed by atoms with E-state index < -0.39 is 9.84 Å². The van der Waals surface area contributed by atoms with Crippen LogP contribution in [0.1, 0.15) is 24.1 Å². The Kier molecular flexibility index (Phi) is 7.99. The van der Waals surface area contributed by atoms with Gasteiger partial charge in [0.1, 0.15) is 24.2 Å². The van der Waals surface area contributed by atoms with Crippen molar-refractivity contribution in [1.82, 2.24) is 34.3 Å². The van der Waals surface area contributed by atoms with Crippen molar-refractivity contribution in [2.75, 3.05) is 52.8 Å². The van der Waals surface area contributed by atoms with Gasteiger partial charge in [-0.15, -0.1) is 0 Å². The Hall–Kier alpha value is -4.33. The minimum atomic E-state index is -3.43. The molecule has 1 amide bonds. The zero-order valence-electron chi connectivity index (χ0n) is 26.1. The summed E-state index contributed by atoms with van der Waals surface area (Å²) in [6.45, 7) is 6.17. The zero-order valence-corrected chi connectivity index (χ0v) is 27.0. The van der Waals surface area contributed by atoms with Crippen LogP contribution < -0.4 is 4.74 Å². The Bertz CT molecular complexity index is 2030. The van der Waals surface area contributed by atoms with E-state index in [-0.39, 0.29) is 23.4 Å². The molecule has 2 atom stereocenters. The van der Waals surface area contributed by atoms with Crippen LogP contribution in [0.15, 0.2) is 59.6 Å². The molecule has 2 fully saturated rings. The van der Waals surface area contributed by atoms with E-state index in [2.05, 4.69) is 14.9 Å². The topological polar surface area (TPSA) is 136 Å². The van der Waals surface area contributed by atoms with Gasteiger partial charge < -0.3 is 23.9 Å². The van der Waals surface area contributed by atoms with Gasteiger partial charge in [-0.3, -0.25) is 9.69 Å². The number of H-pyrrole nitrogens is 1. The molecule has 0 saturated carbocycles. The van der Waals surface area contributed by atoms with Gasteiger partial charge in [0, 0.05) is 44.4 Å². The minimum Gasteiger partial charge on any atom is -0.480 e. The summed E-state index contributed by atoms with van der Waals surface area (Å²) >= 11 is 0. The van der Waals surface area contributed by atoms with E-state index in [0.717, 1.165) is 54.9 Å². The number of imidazole rings is 2. The zero-order chi connectivity index (χ0) is 32.0. The molecule has 2 saturated heterocycles. The fourth-order valence-electron chi connectivity index (χ4n) is 6.60. The number of hydrogen-bond acceptors (Lipinski definition) is 9. The van der Waals surface area contributed by atoms with Crippen molar-refractivity contribution in [2.24, 2.45) is 5.92 Å². The number of para-hydroxylation sites is 1. The van der Waals surface area contributed by atoms with Gasteiger partial charge in [-0.2, -0.15) is 0 Å². The fourth-order valence-corrected chi connectivity index (χ4v) is 7.24. The molecule has 2 aromatic carbocycles. The minimum absolute atomic E-state index is 0.0263. The summed E-state index contributed by atoms with van der Waals surface area (Å²) in [5.41, 5.74) is 3.64. The molecule has 5 heterocycles. The maximum absolute atomic E-state index is 14.2. The Morgan fingerprint density at radius 3 is 2.74 bits per heavy atom. The Morgan fingerprint density at radius 2 is 1.96 bits per heavy atom. The lowest BCUT2D eigenvalue weighted by atomic mass is 10.1.